The zero-order chi connectivity index (χ0) is 22.6. The van der Waals surface area contributed by atoms with Crippen molar-refractivity contribution in [2.45, 2.75) is 31.8 Å². The molecule has 2 aromatic carbocycles. The van der Waals surface area contributed by atoms with E-state index < -0.39 is 15.8 Å². The lowest BCUT2D eigenvalue weighted by Gasteiger charge is -2.08. The first-order chi connectivity index (χ1) is 14.6. The number of hydrogen-bond acceptors (Lipinski definition) is 7. The van der Waals surface area contributed by atoms with Crippen LogP contribution in [0.1, 0.15) is 32.2 Å². The molecule has 1 heterocycles. The summed E-state index contributed by atoms with van der Waals surface area (Å²) in [5.41, 5.74) is 3.05. The Morgan fingerprint density at radius 2 is 1.84 bits per heavy atom. The molecule has 0 fully saturated rings. The highest BCUT2D eigenvalue weighted by atomic mass is 32.2. The molecule has 9 heteroatoms. The lowest BCUT2D eigenvalue weighted by atomic mass is 10.1. The molecule has 0 saturated heterocycles. The maximum Gasteiger partial charge on any atom is 0.338 e. The predicted octanol–water partition coefficient (Wildman–Crippen LogP) is 3.70. The number of anilines is 1. The van der Waals surface area contributed by atoms with Crippen LogP contribution in [0.2, 0.25) is 0 Å². The third-order valence-corrected chi connectivity index (χ3v) is 6.55. The van der Waals surface area contributed by atoms with Crippen LogP contribution in [0.4, 0.5) is 5.69 Å². The number of ether oxygens (including phenoxy) is 1. The summed E-state index contributed by atoms with van der Waals surface area (Å²) < 4.78 is 28.8. The van der Waals surface area contributed by atoms with Crippen LogP contribution in [0.25, 0.3) is 0 Å². The SMILES string of the molecule is Cc1ccccc1NC(=O)Cc1nc(COC(=O)c2cc(S(C)(=O)=O)ccc2C)cs1. The van der Waals surface area contributed by atoms with E-state index >= 15 is 0 Å². The topological polar surface area (TPSA) is 102 Å². The second kappa shape index (κ2) is 9.40. The van der Waals surface area contributed by atoms with Crippen molar-refractivity contribution in [1.82, 2.24) is 4.98 Å². The van der Waals surface area contributed by atoms with E-state index in [1.807, 2.05) is 31.2 Å². The number of thiazole rings is 1. The number of aromatic nitrogens is 1. The highest BCUT2D eigenvalue weighted by Crippen LogP contribution is 2.19. The van der Waals surface area contributed by atoms with Gasteiger partial charge < -0.3 is 10.1 Å². The van der Waals surface area contributed by atoms with E-state index in [4.69, 9.17) is 4.74 Å². The van der Waals surface area contributed by atoms with E-state index in [2.05, 4.69) is 10.3 Å². The fourth-order valence-corrected chi connectivity index (χ4v) is 4.23. The molecule has 31 heavy (non-hydrogen) atoms. The number of nitrogens with zero attached hydrogens (tertiary/aromatic N) is 1. The molecule has 162 valence electrons. The largest absolute Gasteiger partial charge is 0.456 e. The smallest absolute Gasteiger partial charge is 0.338 e. The molecule has 1 N–H and O–H groups in total. The molecule has 7 nitrogen and oxygen atoms in total. The molecule has 3 rings (SSSR count). The van der Waals surface area contributed by atoms with Gasteiger partial charge in [-0.3, -0.25) is 4.79 Å². The van der Waals surface area contributed by atoms with Gasteiger partial charge in [0.1, 0.15) is 11.6 Å². The number of rotatable bonds is 7. The molecule has 0 aliphatic carbocycles. The Labute approximate surface area is 185 Å². The number of benzene rings is 2. The number of hydrogen-bond donors (Lipinski definition) is 1. The molecule has 0 bridgehead atoms. The first-order valence-corrected chi connectivity index (χ1v) is 12.2. The molecule has 0 atom stereocenters. The molecular weight excluding hydrogens is 436 g/mol. The van der Waals surface area contributed by atoms with Crippen LogP contribution < -0.4 is 5.32 Å². The van der Waals surface area contributed by atoms with Gasteiger partial charge in [-0.15, -0.1) is 11.3 Å². The van der Waals surface area contributed by atoms with E-state index in [1.165, 1.54) is 23.5 Å². The Bertz CT molecular complexity index is 1230. The Hall–Kier alpha value is -3.04. The lowest BCUT2D eigenvalue weighted by Crippen LogP contribution is -2.15. The van der Waals surface area contributed by atoms with Crippen molar-refractivity contribution in [2.24, 2.45) is 0 Å². The molecule has 0 saturated carbocycles. The van der Waals surface area contributed by atoms with Gasteiger partial charge in [-0.25, -0.2) is 18.2 Å². The summed E-state index contributed by atoms with van der Waals surface area (Å²) in [4.78, 5) is 29.1. The Balaban J connectivity index is 1.60. The highest BCUT2D eigenvalue weighted by Gasteiger charge is 2.16. The maximum atomic E-state index is 12.4. The first kappa shape index (κ1) is 22.6. The van der Waals surface area contributed by atoms with Crippen molar-refractivity contribution < 1.29 is 22.7 Å². The normalized spacial score (nSPS) is 11.2. The van der Waals surface area contributed by atoms with Crippen LogP contribution in [0.3, 0.4) is 0 Å². The first-order valence-electron chi connectivity index (χ1n) is 9.40. The molecular formula is C22H22N2O5S2. The van der Waals surface area contributed by atoms with Crippen LogP contribution in [-0.4, -0.2) is 31.5 Å². The van der Waals surface area contributed by atoms with Crippen molar-refractivity contribution in [2.75, 3.05) is 11.6 Å². The fraction of sp³-hybridized carbons (Fsp3) is 0.227. The minimum atomic E-state index is -3.43. The average Bonchev–Trinajstić information content (AvgIpc) is 3.14. The van der Waals surface area contributed by atoms with Gasteiger partial charge in [-0.2, -0.15) is 0 Å². The van der Waals surface area contributed by atoms with Crippen molar-refractivity contribution >= 4 is 38.7 Å². The number of sulfone groups is 1. The number of nitrogens with one attached hydrogen (secondary N) is 1. The quantitative estimate of drug-likeness (QED) is 0.542. The van der Waals surface area contributed by atoms with Gasteiger partial charge >= 0.3 is 5.97 Å². The molecule has 1 amide bonds. The molecule has 0 aliphatic heterocycles. The zero-order valence-electron chi connectivity index (χ0n) is 17.3. The number of para-hydroxylation sites is 1. The van der Waals surface area contributed by atoms with Gasteiger partial charge in [0, 0.05) is 17.3 Å². The summed E-state index contributed by atoms with van der Waals surface area (Å²) in [7, 11) is -3.43. The Morgan fingerprint density at radius 1 is 1.10 bits per heavy atom. The van der Waals surface area contributed by atoms with Crippen LogP contribution in [0.5, 0.6) is 0 Å². The van der Waals surface area contributed by atoms with E-state index in [0.29, 0.717) is 16.3 Å². The molecule has 3 aromatic rings. The van der Waals surface area contributed by atoms with Gasteiger partial charge in [-0.1, -0.05) is 24.3 Å². The van der Waals surface area contributed by atoms with Crippen molar-refractivity contribution in [3.8, 4) is 0 Å². The number of carbonyl (C=O) groups is 2. The summed E-state index contributed by atoms with van der Waals surface area (Å²) >= 11 is 1.31. The number of amides is 1. The summed E-state index contributed by atoms with van der Waals surface area (Å²) in [6.45, 7) is 3.55. The van der Waals surface area contributed by atoms with Gasteiger partial charge in [0.15, 0.2) is 9.84 Å². The van der Waals surface area contributed by atoms with Crippen molar-refractivity contribution in [1.29, 1.82) is 0 Å². The minimum Gasteiger partial charge on any atom is -0.456 e. The van der Waals surface area contributed by atoms with E-state index in [9.17, 15) is 18.0 Å². The van der Waals surface area contributed by atoms with Crippen LogP contribution in [-0.2, 0) is 32.4 Å². The monoisotopic (exact) mass is 458 g/mol. The third kappa shape index (κ3) is 5.99. The molecule has 0 spiro atoms. The summed E-state index contributed by atoms with van der Waals surface area (Å²) in [6.07, 6.45) is 1.20. The van der Waals surface area contributed by atoms with Gasteiger partial charge in [0.2, 0.25) is 5.91 Å². The molecule has 1 aromatic heterocycles. The maximum absolute atomic E-state index is 12.4. The lowest BCUT2D eigenvalue weighted by molar-refractivity contribution is -0.115. The summed E-state index contributed by atoms with van der Waals surface area (Å²) in [6, 6.07) is 11.8. The van der Waals surface area contributed by atoms with Crippen LogP contribution in [0.15, 0.2) is 52.7 Å². The highest BCUT2D eigenvalue weighted by molar-refractivity contribution is 7.90. The van der Waals surface area contributed by atoms with Crippen LogP contribution >= 0.6 is 11.3 Å². The molecule has 0 aliphatic rings. The Morgan fingerprint density at radius 3 is 2.55 bits per heavy atom. The standard InChI is InChI=1S/C22H22N2O5S2/c1-14-8-9-17(31(3,27)28)10-18(14)22(26)29-12-16-13-30-21(23-16)11-20(25)24-19-7-5-4-6-15(19)2/h4-10,13H,11-12H2,1-3H3,(H,24,25). The second-order valence-electron chi connectivity index (χ2n) is 7.10. The summed E-state index contributed by atoms with van der Waals surface area (Å²) in [5, 5.41) is 5.19. The third-order valence-electron chi connectivity index (χ3n) is 4.54. The second-order valence-corrected chi connectivity index (χ2v) is 10.1. The van der Waals surface area contributed by atoms with E-state index in [0.717, 1.165) is 17.5 Å². The number of carbonyl (C=O) groups excluding carboxylic acids is 2. The van der Waals surface area contributed by atoms with Gasteiger partial charge in [-0.05, 0) is 43.2 Å². The van der Waals surface area contributed by atoms with Crippen molar-refractivity contribution in [3.63, 3.8) is 0 Å². The number of aryl methyl sites for hydroxylation is 2. The zero-order valence-corrected chi connectivity index (χ0v) is 19.0. The predicted molar refractivity (Wildman–Crippen MR) is 119 cm³/mol. The average molecular weight is 459 g/mol. The Kier molecular flexibility index (Phi) is 6.87. The molecule has 0 radical (unpaired) electrons. The van der Waals surface area contributed by atoms with Crippen LogP contribution in [0, 0.1) is 13.8 Å². The fourth-order valence-electron chi connectivity index (χ4n) is 2.81. The number of esters is 1. The van der Waals surface area contributed by atoms with E-state index in [1.54, 1.807) is 18.4 Å². The van der Waals surface area contributed by atoms with Crippen molar-refractivity contribution in [3.05, 3.63) is 75.2 Å². The minimum absolute atomic E-state index is 0.0562. The van der Waals surface area contributed by atoms with Gasteiger partial charge in [0.25, 0.3) is 0 Å². The molecule has 0 unspecified atom stereocenters. The van der Waals surface area contributed by atoms with E-state index in [-0.39, 0.29) is 29.4 Å². The summed E-state index contributed by atoms with van der Waals surface area (Å²) in [5.74, 6) is -0.810. The van der Waals surface area contributed by atoms with Gasteiger partial charge in [0.05, 0.1) is 22.6 Å².